The molecule has 3 aromatic rings. The quantitative estimate of drug-likeness (QED) is 0.738. The van der Waals surface area contributed by atoms with Crippen LogP contribution in [-0.2, 0) is 20.0 Å². The molecule has 0 saturated carbocycles. The minimum Gasteiger partial charge on any atom is -0.317 e. The third-order valence-electron chi connectivity index (χ3n) is 4.41. The Bertz CT molecular complexity index is 772. The summed E-state index contributed by atoms with van der Waals surface area (Å²) in [5.41, 5.74) is 1.47. The predicted molar refractivity (Wildman–Crippen MR) is 90.3 cm³/mol. The molecule has 0 spiro atoms. The summed E-state index contributed by atoms with van der Waals surface area (Å²) < 4.78 is 2.09. The van der Waals surface area contributed by atoms with Gasteiger partial charge in [0.15, 0.2) is 0 Å². The van der Waals surface area contributed by atoms with E-state index in [0.717, 1.165) is 31.2 Å². The average molecular weight is 330 g/mol. The van der Waals surface area contributed by atoms with Crippen LogP contribution in [0.15, 0.2) is 29.0 Å². The zero-order chi connectivity index (χ0) is 15.1. The van der Waals surface area contributed by atoms with E-state index >= 15 is 0 Å². The summed E-state index contributed by atoms with van der Waals surface area (Å²) in [5, 5.41) is 12.9. The maximum atomic E-state index is 4.35. The molecule has 1 aliphatic heterocycles. The molecule has 4 rings (SSSR count). The van der Waals surface area contributed by atoms with Gasteiger partial charge in [-0.15, -0.1) is 32.9 Å². The average Bonchev–Trinajstić information content (AvgIpc) is 3.25. The number of hydrogen-bond acceptors (Lipinski definition) is 5. The van der Waals surface area contributed by atoms with Crippen molar-refractivity contribution in [1.29, 1.82) is 0 Å². The summed E-state index contributed by atoms with van der Waals surface area (Å²) >= 11 is 3.73. The van der Waals surface area contributed by atoms with Crippen molar-refractivity contribution >= 4 is 22.7 Å². The summed E-state index contributed by atoms with van der Waals surface area (Å²) in [6, 6.07) is 7.04. The lowest BCUT2D eigenvalue weighted by Crippen LogP contribution is -2.35. The first-order valence-electron chi connectivity index (χ1n) is 7.42. The monoisotopic (exact) mass is 330 g/mol. The van der Waals surface area contributed by atoms with E-state index in [1.165, 1.54) is 15.3 Å². The van der Waals surface area contributed by atoms with E-state index in [0.29, 0.717) is 6.04 Å². The highest BCUT2D eigenvalue weighted by Crippen LogP contribution is 2.39. The van der Waals surface area contributed by atoms with Crippen LogP contribution in [0.3, 0.4) is 0 Å². The summed E-state index contributed by atoms with van der Waals surface area (Å²) in [6.07, 6.45) is 1.13. The minimum atomic E-state index is 0.354. The van der Waals surface area contributed by atoms with Crippen molar-refractivity contribution in [1.82, 2.24) is 19.7 Å². The Labute approximate surface area is 138 Å². The molecular formula is C16H18N4S2. The van der Waals surface area contributed by atoms with Gasteiger partial charge < -0.3 is 4.57 Å². The molecule has 22 heavy (non-hydrogen) atoms. The largest absolute Gasteiger partial charge is 0.317 e. The molecule has 4 heterocycles. The van der Waals surface area contributed by atoms with Crippen LogP contribution < -0.4 is 0 Å². The molecule has 1 atom stereocenters. The maximum absolute atomic E-state index is 4.35. The molecule has 114 valence electrons. The number of aryl methyl sites for hydroxylation is 1. The van der Waals surface area contributed by atoms with Crippen molar-refractivity contribution in [2.45, 2.75) is 25.9 Å². The Morgan fingerprint density at radius 2 is 2.14 bits per heavy atom. The first kappa shape index (κ1) is 14.1. The van der Waals surface area contributed by atoms with Gasteiger partial charge in [0.05, 0.1) is 12.6 Å². The molecular weight excluding hydrogens is 312 g/mol. The Balaban J connectivity index is 1.71. The number of aromatic nitrogens is 3. The van der Waals surface area contributed by atoms with E-state index in [9.17, 15) is 0 Å². The molecule has 0 radical (unpaired) electrons. The number of rotatable bonds is 3. The Hall–Kier alpha value is -1.50. The van der Waals surface area contributed by atoms with E-state index in [4.69, 9.17) is 0 Å². The van der Waals surface area contributed by atoms with Crippen LogP contribution in [-0.4, -0.2) is 26.2 Å². The van der Waals surface area contributed by atoms with Crippen molar-refractivity contribution < 1.29 is 0 Å². The normalized spacial score (nSPS) is 18.5. The first-order valence-corrected chi connectivity index (χ1v) is 9.18. The van der Waals surface area contributed by atoms with Gasteiger partial charge in [-0.25, -0.2) is 0 Å². The Kier molecular flexibility index (Phi) is 3.60. The third kappa shape index (κ3) is 2.31. The third-order valence-corrected chi connectivity index (χ3v) is 6.33. The molecule has 0 fully saturated rings. The molecule has 0 aromatic carbocycles. The van der Waals surface area contributed by atoms with Gasteiger partial charge in [0, 0.05) is 23.3 Å². The Morgan fingerprint density at radius 3 is 2.86 bits per heavy atom. The second kappa shape index (κ2) is 5.61. The highest BCUT2D eigenvalue weighted by molar-refractivity contribution is 7.10. The number of hydrogen-bond donors (Lipinski definition) is 0. The molecule has 0 saturated heterocycles. The molecule has 0 amide bonds. The van der Waals surface area contributed by atoms with Gasteiger partial charge in [-0.1, -0.05) is 6.07 Å². The van der Waals surface area contributed by atoms with E-state index in [2.05, 4.69) is 48.6 Å². The van der Waals surface area contributed by atoms with Crippen molar-refractivity contribution in [3.63, 3.8) is 0 Å². The zero-order valence-corrected chi connectivity index (χ0v) is 14.3. The van der Waals surface area contributed by atoms with E-state index < -0.39 is 0 Å². The molecule has 0 aliphatic carbocycles. The Morgan fingerprint density at radius 1 is 1.23 bits per heavy atom. The predicted octanol–water partition coefficient (Wildman–Crippen LogP) is 3.39. The summed E-state index contributed by atoms with van der Waals surface area (Å²) in [5.74, 6) is 2.01. The standard InChI is InChI=1S/C16H18N4S2/c1-11-17-18-15(19(11)2)10-20-7-5-13-12(6-9-22-13)16(20)14-4-3-8-21-14/h3-4,6,8-9,16H,5,7,10H2,1-2H3/t16-/m1/s1. The van der Waals surface area contributed by atoms with Crippen molar-refractivity contribution in [2.75, 3.05) is 6.54 Å². The second-order valence-corrected chi connectivity index (χ2v) is 7.64. The minimum absolute atomic E-state index is 0.354. The van der Waals surface area contributed by atoms with Gasteiger partial charge in [0.2, 0.25) is 0 Å². The lowest BCUT2D eigenvalue weighted by molar-refractivity contribution is 0.201. The van der Waals surface area contributed by atoms with Crippen molar-refractivity contribution in [3.8, 4) is 0 Å². The highest BCUT2D eigenvalue weighted by Gasteiger charge is 2.31. The highest BCUT2D eigenvalue weighted by atomic mass is 32.1. The first-order chi connectivity index (χ1) is 10.7. The molecule has 0 unspecified atom stereocenters. The van der Waals surface area contributed by atoms with Gasteiger partial charge in [0.1, 0.15) is 11.6 Å². The molecule has 0 N–H and O–H groups in total. The molecule has 4 nitrogen and oxygen atoms in total. The lowest BCUT2D eigenvalue weighted by Gasteiger charge is -2.35. The van der Waals surface area contributed by atoms with Crippen molar-refractivity contribution in [2.24, 2.45) is 7.05 Å². The lowest BCUT2D eigenvalue weighted by atomic mass is 9.98. The van der Waals surface area contributed by atoms with Gasteiger partial charge in [-0.2, -0.15) is 0 Å². The SMILES string of the molecule is Cc1nnc(CN2CCc3sccc3[C@@H]2c2cccs2)n1C. The van der Waals surface area contributed by atoms with Crippen molar-refractivity contribution in [3.05, 3.63) is 55.9 Å². The van der Waals surface area contributed by atoms with Gasteiger partial charge >= 0.3 is 0 Å². The number of fused-ring (bicyclic) bond motifs is 1. The summed E-state index contributed by atoms with van der Waals surface area (Å²) in [7, 11) is 2.05. The fraction of sp³-hybridized carbons (Fsp3) is 0.375. The van der Waals surface area contributed by atoms with Crippen LogP contribution in [0.1, 0.15) is 33.0 Å². The fourth-order valence-electron chi connectivity index (χ4n) is 3.09. The van der Waals surface area contributed by atoms with Crippen LogP contribution in [0.25, 0.3) is 0 Å². The van der Waals surface area contributed by atoms with Crippen LogP contribution in [0.4, 0.5) is 0 Å². The van der Waals surface area contributed by atoms with E-state index in [1.807, 2.05) is 36.6 Å². The van der Waals surface area contributed by atoms with Gasteiger partial charge in [0.25, 0.3) is 0 Å². The van der Waals surface area contributed by atoms with E-state index in [-0.39, 0.29) is 0 Å². The molecule has 3 aromatic heterocycles. The fourth-order valence-corrected chi connectivity index (χ4v) is 4.87. The smallest absolute Gasteiger partial charge is 0.146 e. The summed E-state index contributed by atoms with van der Waals surface area (Å²) in [6.45, 7) is 3.91. The second-order valence-electron chi connectivity index (χ2n) is 5.66. The topological polar surface area (TPSA) is 34.0 Å². The summed E-state index contributed by atoms with van der Waals surface area (Å²) in [4.78, 5) is 5.48. The van der Waals surface area contributed by atoms with E-state index in [1.54, 1.807) is 0 Å². The zero-order valence-electron chi connectivity index (χ0n) is 12.7. The number of nitrogens with zero attached hydrogens (tertiary/aromatic N) is 4. The molecule has 1 aliphatic rings. The van der Waals surface area contributed by atoms with Crippen LogP contribution in [0, 0.1) is 6.92 Å². The van der Waals surface area contributed by atoms with Gasteiger partial charge in [-0.05, 0) is 41.8 Å². The number of thiophene rings is 2. The van der Waals surface area contributed by atoms with Crippen LogP contribution in [0.5, 0.6) is 0 Å². The van der Waals surface area contributed by atoms with Gasteiger partial charge in [-0.3, -0.25) is 4.90 Å². The molecule has 6 heteroatoms. The molecule has 0 bridgehead atoms. The van der Waals surface area contributed by atoms with Crippen LogP contribution >= 0.6 is 22.7 Å². The maximum Gasteiger partial charge on any atom is 0.146 e. The van der Waals surface area contributed by atoms with Crippen LogP contribution in [0.2, 0.25) is 0 Å².